The zero-order valence-corrected chi connectivity index (χ0v) is 13.3. The molecular weight excluding hydrogens is 325 g/mol. The van der Waals surface area contributed by atoms with Crippen LogP contribution in [-0.2, 0) is 14.3 Å². The third kappa shape index (κ3) is 4.30. The molecule has 0 aliphatic carbocycles. The second-order valence-electron chi connectivity index (χ2n) is 5.30. The predicted octanol–water partition coefficient (Wildman–Crippen LogP) is 2.44. The minimum Gasteiger partial charge on any atom is -0.481 e. The molecule has 1 aromatic rings. The maximum absolute atomic E-state index is 13.1. The topological polar surface area (TPSA) is 66.8 Å². The second kappa shape index (κ2) is 7.57. The molecule has 1 heterocycles. The van der Waals surface area contributed by atoms with Gasteiger partial charge in [0.1, 0.15) is 11.7 Å². The third-order valence-corrected chi connectivity index (χ3v) is 4.13. The Morgan fingerprint density at radius 2 is 2.22 bits per heavy atom. The van der Waals surface area contributed by atoms with Crippen LogP contribution in [0.3, 0.4) is 0 Å². The molecule has 2 atom stereocenters. The van der Waals surface area contributed by atoms with Gasteiger partial charge in [0, 0.05) is 26.3 Å². The first-order chi connectivity index (χ1) is 10.9. The Balaban J connectivity index is 2.04. The zero-order valence-electron chi connectivity index (χ0n) is 12.5. The minimum absolute atomic E-state index is 0.0218. The summed E-state index contributed by atoms with van der Waals surface area (Å²) >= 11 is 5.68. The van der Waals surface area contributed by atoms with Crippen LogP contribution in [0.15, 0.2) is 24.3 Å². The maximum Gasteiger partial charge on any atom is 0.310 e. The van der Waals surface area contributed by atoms with E-state index in [4.69, 9.17) is 16.3 Å². The van der Waals surface area contributed by atoms with E-state index in [-0.39, 0.29) is 17.5 Å². The van der Waals surface area contributed by atoms with Crippen LogP contribution in [-0.4, -0.2) is 48.2 Å². The van der Waals surface area contributed by atoms with Crippen LogP contribution < -0.4 is 0 Å². The van der Waals surface area contributed by atoms with Crippen LogP contribution in [0.5, 0.6) is 0 Å². The molecule has 1 aromatic carbocycles. The molecule has 7 heteroatoms. The SMILES string of the molecule is COC1CCN(C(=O)/C=C/c2ccc(F)c(Cl)c2)CC1C(=O)O. The predicted molar refractivity (Wildman–Crippen MR) is 83.6 cm³/mol. The highest BCUT2D eigenvalue weighted by molar-refractivity contribution is 6.30. The van der Waals surface area contributed by atoms with E-state index in [0.717, 1.165) is 0 Å². The number of aliphatic carboxylic acids is 1. The van der Waals surface area contributed by atoms with Crippen LogP contribution in [0.1, 0.15) is 12.0 Å². The van der Waals surface area contributed by atoms with Gasteiger partial charge in [-0.2, -0.15) is 0 Å². The van der Waals surface area contributed by atoms with E-state index < -0.39 is 23.8 Å². The highest BCUT2D eigenvalue weighted by Crippen LogP contribution is 2.21. The number of hydrogen-bond acceptors (Lipinski definition) is 3. The van der Waals surface area contributed by atoms with Crippen molar-refractivity contribution in [2.75, 3.05) is 20.2 Å². The summed E-state index contributed by atoms with van der Waals surface area (Å²) in [7, 11) is 1.47. The quantitative estimate of drug-likeness (QED) is 0.854. The second-order valence-corrected chi connectivity index (χ2v) is 5.71. The molecule has 2 rings (SSSR count). The average Bonchev–Trinajstić information content (AvgIpc) is 2.54. The molecule has 0 aromatic heterocycles. The van der Waals surface area contributed by atoms with Crippen LogP contribution in [0.4, 0.5) is 4.39 Å². The van der Waals surface area contributed by atoms with E-state index in [1.807, 2.05) is 0 Å². The lowest BCUT2D eigenvalue weighted by Crippen LogP contribution is -2.49. The first kappa shape index (κ1) is 17.4. The molecule has 1 aliphatic rings. The summed E-state index contributed by atoms with van der Waals surface area (Å²) in [5, 5.41) is 9.20. The molecule has 0 bridgehead atoms. The molecule has 0 saturated carbocycles. The number of carbonyl (C=O) groups excluding carboxylic acids is 1. The largest absolute Gasteiger partial charge is 0.481 e. The number of nitrogens with zero attached hydrogens (tertiary/aromatic N) is 1. The molecule has 1 N–H and O–H groups in total. The fourth-order valence-electron chi connectivity index (χ4n) is 2.54. The van der Waals surface area contributed by atoms with E-state index in [9.17, 15) is 19.1 Å². The van der Waals surface area contributed by atoms with Gasteiger partial charge in [0.15, 0.2) is 0 Å². The van der Waals surface area contributed by atoms with Crippen molar-refractivity contribution in [2.45, 2.75) is 12.5 Å². The molecule has 0 spiro atoms. The van der Waals surface area contributed by atoms with Crippen LogP contribution in [0, 0.1) is 11.7 Å². The number of rotatable bonds is 4. The van der Waals surface area contributed by atoms with Crippen molar-refractivity contribution in [2.24, 2.45) is 5.92 Å². The highest BCUT2D eigenvalue weighted by atomic mass is 35.5. The van der Waals surface area contributed by atoms with Gasteiger partial charge >= 0.3 is 5.97 Å². The Morgan fingerprint density at radius 3 is 2.83 bits per heavy atom. The van der Waals surface area contributed by atoms with E-state index in [2.05, 4.69) is 0 Å². The minimum atomic E-state index is -0.983. The molecule has 5 nitrogen and oxygen atoms in total. The fourth-order valence-corrected chi connectivity index (χ4v) is 2.73. The fraction of sp³-hybridized carbons (Fsp3) is 0.375. The summed E-state index contributed by atoms with van der Waals surface area (Å²) < 4.78 is 18.2. The van der Waals surface area contributed by atoms with Gasteiger partial charge < -0.3 is 14.7 Å². The van der Waals surface area contributed by atoms with E-state index in [0.29, 0.717) is 18.5 Å². The standard InChI is InChI=1S/C16H17ClFNO4/c1-23-14-6-7-19(9-11(14)16(21)22)15(20)5-3-10-2-4-13(18)12(17)8-10/h2-5,8,11,14H,6-7,9H2,1H3,(H,21,22)/b5-3+. The molecule has 23 heavy (non-hydrogen) atoms. The zero-order chi connectivity index (χ0) is 17.0. The van der Waals surface area contributed by atoms with Crippen molar-refractivity contribution in [3.8, 4) is 0 Å². The number of piperidine rings is 1. The van der Waals surface area contributed by atoms with Crippen molar-refractivity contribution in [3.63, 3.8) is 0 Å². The Kier molecular flexibility index (Phi) is 5.74. The summed E-state index contributed by atoms with van der Waals surface area (Å²) in [5.74, 6) is -2.55. The first-order valence-corrected chi connectivity index (χ1v) is 7.48. The number of carboxylic acids is 1. The molecular formula is C16H17ClFNO4. The van der Waals surface area contributed by atoms with E-state index >= 15 is 0 Å². The summed E-state index contributed by atoms with van der Waals surface area (Å²) in [4.78, 5) is 24.9. The van der Waals surface area contributed by atoms with Gasteiger partial charge in [0.05, 0.1) is 11.1 Å². The van der Waals surface area contributed by atoms with Gasteiger partial charge in [0.25, 0.3) is 0 Å². The Labute approximate surface area is 138 Å². The molecule has 1 amide bonds. The number of halogens is 2. The van der Waals surface area contributed by atoms with E-state index in [1.165, 1.54) is 42.4 Å². The number of likely N-dealkylation sites (tertiary alicyclic amines) is 1. The van der Waals surface area contributed by atoms with Gasteiger partial charge in [-0.05, 0) is 30.2 Å². The molecule has 124 valence electrons. The summed E-state index contributed by atoms with van der Waals surface area (Å²) in [5.41, 5.74) is 0.589. The lowest BCUT2D eigenvalue weighted by Gasteiger charge is -2.35. The molecule has 2 unspecified atom stereocenters. The van der Waals surface area contributed by atoms with Crippen molar-refractivity contribution in [1.29, 1.82) is 0 Å². The van der Waals surface area contributed by atoms with Gasteiger partial charge in [-0.25, -0.2) is 4.39 Å². The average molecular weight is 342 g/mol. The van der Waals surface area contributed by atoms with Crippen LogP contribution in [0.2, 0.25) is 5.02 Å². The molecule has 1 fully saturated rings. The number of benzene rings is 1. The lowest BCUT2D eigenvalue weighted by molar-refractivity contribution is -0.152. The van der Waals surface area contributed by atoms with Gasteiger partial charge in [-0.15, -0.1) is 0 Å². The highest BCUT2D eigenvalue weighted by Gasteiger charge is 2.35. The Morgan fingerprint density at radius 1 is 1.48 bits per heavy atom. The van der Waals surface area contributed by atoms with E-state index in [1.54, 1.807) is 0 Å². The van der Waals surface area contributed by atoms with Crippen LogP contribution >= 0.6 is 11.6 Å². The monoisotopic (exact) mass is 341 g/mol. The maximum atomic E-state index is 13.1. The number of amides is 1. The normalized spacial score (nSPS) is 21.6. The Hall–Kier alpha value is -1.92. The summed E-state index contributed by atoms with van der Waals surface area (Å²) in [6.45, 7) is 0.525. The third-order valence-electron chi connectivity index (χ3n) is 3.84. The smallest absolute Gasteiger partial charge is 0.310 e. The number of carbonyl (C=O) groups is 2. The van der Waals surface area contributed by atoms with Crippen molar-refractivity contribution >= 4 is 29.6 Å². The molecule has 1 saturated heterocycles. The first-order valence-electron chi connectivity index (χ1n) is 7.10. The van der Waals surface area contributed by atoms with Crippen molar-refractivity contribution in [3.05, 3.63) is 40.7 Å². The number of carboxylic acid groups (broad SMARTS) is 1. The van der Waals surface area contributed by atoms with Gasteiger partial charge in [-0.3, -0.25) is 9.59 Å². The molecule has 0 radical (unpaired) electrons. The van der Waals surface area contributed by atoms with Crippen molar-refractivity contribution in [1.82, 2.24) is 4.90 Å². The molecule has 1 aliphatic heterocycles. The summed E-state index contributed by atoms with van der Waals surface area (Å²) in [6, 6.07) is 4.14. The van der Waals surface area contributed by atoms with Crippen molar-refractivity contribution < 1.29 is 23.8 Å². The Bertz CT molecular complexity index is 635. The number of hydrogen-bond donors (Lipinski definition) is 1. The van der Waals surface area contributed by atoms with Gasteiger partial charge in [0.2, 0.25) is 5.91 Å². The summed E-state index contributed by atoms with van der Waals surface area (Å²) in [6.07, 6.45) is 2.92. The number of methoxy groups -OCH3 is 1. The van der Waals surface area contributed by atoms with Gasteiger partial charge in [-0.1, -0.05) is 17.7 Å². The lowest BCUT2D eigenvalue weighted by atomic mass is 9.94. The number of ether oxygens (including phenoxy) is 1. The van der Waals surface area contributed by atoms with Crippen LogP contribution in [0.25, 0.3) is 6.08 Å².